The van der Waals surface area contributed by atoms with E-state index < -0.39 is 0 Å². The number of hydrogen-bond donors (Lipinski definition) is 0. The summed E-state index contributed by atoms with van der Waals surface area (Å²) in [5.74, 6) is 0. The van der Waals surface area contributed by atoms with Gasteiger partial charge in [0.25, 0.3) is 0 Å². The fourth-order valence-electron chi connectivity index (χ4n) is 1.93. The zero-order valence-electron chi connectivity index (χ0n) is 10.8. The molecule has 0 atom stereocenters. The summed E-state index contributed by atoms with van der Waals surface area (Å²) in [5.41, 5.74) is 4.73. The van der Waals surface area contributed by atoms with Gasteiger partial charge < -0.3 is 0 Å². The smallest absolute Gasteiger partial charge is 0.0915 e. The molecule has 0 aromatic heterocycles. The molecule has 0 aliphatic carbocycles. The molecule has 84 valence electrons. The summed E-state index contributed by atoms with van der Waals surface area (Å²) in [6.07, 6.45) is 1.66. The molecule has 0 aliphatic heterocycles. The molecule has 0 radical (unpaired) electrons. The maximum absolute atomic E-state index is 8.87. The first-order valence-electron chi connectivity index (χ1n) is 5.53. The summed E-state index contributed by atoms with van der Waals surface area (Å²) < 4.78 is 0. The molecule has 1 aromatic rings. The van der Waals surface area contributed by atoms with Crippen molar-refractivity contribution in [2.24, 2.45) is 5.41 Å². The number of aryl methyl sites for hydroxylation is 2. The van der Waals surface area contributed by atoms with E-state index in [9.17, 15) is 0 Å². The van der Waals surface area contributed by atoms with Gasteiger partial charge in [-0.05, 0) is 30.4 Å². The molecular weight excluding hydrogens is 194 g/mol. The Hall–Kier alpha value is -1.55. The molecule has 0 saturated carbocycles. The van der Waals surface area contributed by atoms with Gasteiger partial charge >= 0.3 is 0 Å². The SMILES string of the molecule is Cc1cc(C)cc(/C(=C\C#N)C(C)(C)C)c1. The van der Waals surface area contributed by atoms with Crippen LogP contribution in [0.4, 0.5) is 0 Å². The molecule has 0 amide bonds. The molecule has 0 N–H and O–H groups in total. The summed E-state index contributed by atoms with van der Waals surface area (Å²) >= 11 is 0. The number of rotatable bonds is 1. The minimum absolute atomic E-state index is 0.00400. The summed E-state index contributed by atoms with van der Waals surface area (Å²) in [6.45, 7) is 10.6. The Balaban J connectivity index is 3.35. The third-order valence-electron chi connectivity index (χ3n) is 2.55. The first-order chi connectivity index (χ1) is 7.34. The van der Waals surface area contributed by atoms with Gasteiger partial charge in [-0.3, -0.25) is 0 Å². The van der Waals surface area contributed by atoms with Gasteiger partial charge in [0, 0.05) is 6.08 Å². The van der Waals surface area contributed by atoms with E-state index in [4.69, 9.17) is 5.26 Å². The average molecular weight is 213 g/mol. The summed E-state index contributed by atoms with van der Waals surface area (Å²) in [7, 11) is 0. The van der Waals surface area contributed by atoms with E-state index in [2.05, 4.69) is 58.9 Å². The maximum Gasteiger partial charge on any atom is 0.0915 e. The lowest BCUT2D eigenvalue weighted by Crippen LogP contribution is -2.08. The maximum atomic E-state index is 8.87. The molecule has 0 saturated heterocycles. The van der Waals surface area contributed by atoms with Crippen LogP contribution in [0.5, 0.6) is 0 Å². The van der Waals surface area contributed by atoms with E-state index in [0.29, 0.717) is 0 Å². The molecule has 1 heteroatoms. The predicted octanol–water partition coefficient (Wildman–Crippen LogP) is 4.26. The van der Waals surface area contributed by atoms with Crippen molar-refractivity contribution in [1.82, 2.24) is 0 Å². The quantitative estimate of drug-likeness (QED) is 0.639. The molecule has 1 nitrogen and oxygen atoms in total. The van der Waals surface area contributed by atoms with E-state index >= 15 is 0 Å². The molecule has 0 bridgehead atoms. The van der Waals surface area contributed by atoms with Crippen LogP contribution in [0.15, 0.2) is 24.3 Å². The van der Waals surface area contributed by atoms with Gasteiger partial charge in [0.2, 0.25) is 0 Å². The van der Waals surface area contributed by atoms with E-state index in [1.807, 2.05) is 0 Å². The third kappa shape index (κ3) is 2.97. The molecule has 16 heavy (non-hydrogen) atoms. The van der Waals surface area contributed by atoms with Crippen LogP contribution in [0, 0.1) is 30.6 Å². The van der Waals surface area contributed by atoms with Gasteiger partial charge in [0.05, 0.1) is 6.07 Å². The number of benzene rings is 1. The zero-order valence-corrected chi connectivity index (χ0v) is 10.8. The molecule has 1 rings (SSSR count). The van der Waals surface area contributed by atoms with Crippen LogP contribution in [-0.2, 0) is 0 Å². The Morgan fingerprint density at radius 1 is 1.12 bits per heavy atom. The first-order valence-corrected chi connectivity index (χ1v) is 5.53. The van der Waals surface area contributed by atoms with Crippen molar-refractivity contribution >= 4 is 5.57 Å². The number of nitrogens with zero attached hydrogens (tertiary/aromatic N) is 1. The van der Waals surface area contributed by atoms with Gasteiger partial charge in [0.15, 0.2) is 0 Å². The molecule has 1 aromatic carbocycles. The highest BCUT2D eigenvalue weighted by atomic mass is 14.3. The van der Waals surface area contributed by atoms with E-state index in [0.717, 1.165) is 11.1 Å². The summed E-state index contributed by atoms with van der Waals surface area (Å²) in [4.78, 5) is 0. The molecule has 0 heterocycles. The second-order valence-corrected chi connectivity index (χ2v) is 5.31. The Morgan fingerprint density at radius 2 is 1.62 bits per heavy atom. The second kappa shape index (κ2) is 4.53. The van der Waals surface area contributed by atoms with Crippen molar-refractivity contribution in [3.05, 3.63) is 41.0 Å². The van der Waals surface area contributed by atoms with E-state index in [1.54, 1.807) is 6.08 Å². The summed E-state index contributed by atoms with van der Waals surface area (Å²) in [5, 5.41) is 8.87. The van der Waals surface area contributed by atoms with Crippen molar-refractivity contribution in [3.63, 3.8) is 0 Å². The Bertz CT molecular complexity index is 433. The topological polar surface area (TPSA) is 23.8 Å². The van der Waals surface area contributed by atoms with Crippen LogP contribution in [0.1, 0.15) is 37.5 Å². The van der Waals surface area contributed by atoms with Crippen LogP contribution in [0.3, 0.4) is 0 Å². The predicted molar refractivity (Wildman–Crippen MR) is 69.0 cm³/mol. The Labute approximate surface area is 98.4 Å². The van der Waals surface area contributed by atoms with Gasteiger partial charge in [-0.15, -0.1) is 0 Å². The van der Waals surface area contributed by atoms with Crippen molar-refractivity contribution in [1.29, 1.82) is 5.26 Å². The van der Waals surface area contributed by atoms with Crippen LogP contribution >= 0.6 is 0 Å². The van der Waals surface area contributed by atoms with Crippen LogP contribution in [0.2, 0.25) is 0 Å². The Kier molecular flexibility index (Phi) is 3.55. The van der Waals surface area contributed by atoms with Crippen molar-refractivity contribution < 1.29 is 0 Å². The molecular formula is C15H19N. The lowest BCUT2D eigenvalue weighted by molar-refractivity contribution is 0.567. The second-order valence-electron chi connectivity index (χ2n) is 5.31. The molecule has 0 aliphatic rings. The van der Waals surface area contributed by atoms with Crippen LogP contribution < -0.4 is 0 Å². The van der Waals surface area contributed by atoms with Gasteiger partial charge in [0.1, 0.15) is 0 Å². The minimum atomic E-state index is -0.00400. The monoisotopic (exact) mass is 213 g/mol. The van der Waals surface area contributed by atoms with Crippen molar-refractivity contribution in [2.45, 2.75) is 34.6 Å². The Morgan fingerprint density at radius 3 is 2.00 bits per heavy atom. The van der Waals surface area contributed by atoms with E-state index in [-0.39, 0.29) is 5.41 Å². The number of hydrogen-bond acceptors (Lipinski definition) is 1. The van der Waals surface area contributed by atoms with Gasteiger partial charge in [-0.2, -0.15) is 5.26 Å². The molecule has 0 fully saturated rings. The standard InChI is InChI=1S/C15H19N/c1-11-8-12(2)10-13(9-11)14(6-7-16)15(3,4)5/h6,8-10H,1-5H3/b14-6+. The highest BCUT2D eigenvalue weighted by molar-refractivity contribution is 5.72. The first kappa shape index (κ1) is 12.5. The van der Waals surface area contributed by atoms with Crippen LogP contribution in [-0.4, -0.2) is 0 Å². The fraction of sp³-hybridized carbons (Fsp3) is 0.400. The highest BCUT2D eigenvalue weighted by Gasteiger charge is 2.18. The van der Waals surface area contributed by atoms with E-state index in [1.165, 1.54) is 11.1 Å². The van der Waals surface area contributed by atoms with Crippen molar-refractivity contribution in [3.8, 4) is 6.07 Å². The number of nitriles is 1. The highest BCUT2D eigenvalue weighted by Crippen LogP contribution is 2.34. The normalized spacial score (nSPS) is 12.4. The minimum Gasteiger partial charge on any atom is -0.193 e. The van der Waals surface area contributed by atoms with Crippen molar-refractivity contribution in [2.75, 3.05) is 0 Å². The van der Waals surface area contributed by atoms with Gasteiger partial charge in [-0.25, -0.2) is 0 Å². The number of allylic oxidation sites excluding steroid dienone is 2. The zero-order chi connectivity index (χ0) is 12.3. The summed E-state index contributed by atoms with van der Waals surface area (Å²) in [6, 6.07) is 8.58. The molecule has 0 unspecified atom stereocenters. The third-order valence-corrected chi connectivity index (χ3v) is 2.55. The average Bonchev–Trinajstić information content (AvgIpc) is 2.10. The largest absolute Gasteiger partial charge is 0.193 e. The van der Waals surface area contributed by atoms with Gasteiger partial charge in [-0.1, -0.05) is 50.1 Å². The molecule has 0 spiro atoms. The fourth-order valence-corrected chi connectivity index (χ4v) is 1.93. The lowest BCUT2D eigenvalue weighted by atomic mass is 9.81. The lowest BCUT2D eigenvalue weighted by Gasteiger charge is -2.23. The van der Waals surface area contributed by atoms with Crippen LogP contribution in [0.25, 0.3) is 5.57 Å².